The van der Waals surface area contributed by atoms with Gasteiger partial charge in [0.1, 0.15) is 0 Å². The van der Waals surface area contributed by atoms with Crippen molar-refractivity contribution in [2.24, 2.45) is 5.92 Å². The van der Waals surface area contributed by atoms with E-state index in [0.29, 0.717) is 5.69 Å². The molecule has 0 aliphatic carbocycles. The number of hydrogen-bond donors (Lipinski definition) is 1. The molecule has 116 valence electrons. The lowest BCUT2D eigenvalue weighted by molar-refractivity contribution is -0.137. The van der Waals surface area contributed by atoms with Crippen molar-refractivity contribution in [1.82, 2.24) is 0 Å². The van der Waals surface area contributed by atoms with Gasteiger partial charge in [-0.2, -0.15) is 13.2 Å². The molecule has 3 nitrogen and oxygen atoms in total. The third-order valence-corrected chi connectivity index (χ3v) is 3.55. The van der Waals surface area contributed by atoms with Crippen LogP contribution in [0.15, 0.2) is 18.2 Å². The fourth-order valence-corrected chi connectivity index (χ4v) is 2.32. The van der Waals surface area contributed by atoms with Crippen LogP contribution in [-0.4, -0.2) is 19.0 Å². The molecule has 0 bridgehead atoms. The highest BCUT2D eigenvalue weighted by atomic mass is 19.4. The predicted molar refractivity (Wildman–Crippen MR) is 76.4 cm³/mol. The number of hydrogen-bond acceptors (Lipinski definition) is 2. The Labute approximate surface area is 122 Å². The van der Waals surface area contributed by atoms with Crippen LogP contribution in [0.25, 0.3) is 0 Å². The monoisotopic (exact) mass is 300 g/mol. The topological polar surface area (TPSA) is 32.3 Å². The number of carbonyl (C=O) groups excluding carboxylic acids is 1. The van der Waals surface area contributed by atoms with Gasteiger partial charge in [0.25, 0.3) is 0 Å². The maximum atomic E-state index is 12.8. The smallest absolute Gasteiger partial charge is 0.370 e. The van der Waals surface area contributed by atoms with E-state index in [1.165, 1.54) is 6.07 Å². The Morgan fingerprint density at radius 1 is 1.24 bits per heavy atom. The minimum absolute atomic E-state index is 0.241. The molecule has 1 saturated heterocycles. The first-order valence-electron chi connectivity index (χ1n) is 7.06. The highest BCUT2D eigenvalue weighted by Crippen LogP contribution is 2.36. The summed E-state index contributed by atoms with van der Waals surface area (Å²) < 4.78 is 38.5. The van der Waals surface area contributed by atoms with E-state index in [1.807, 2.05) is 4.90 Å². The van der Waals surface area contributed by atoms with Crippen LogP contribution in [0.1, 0.15) is 32.3 Å². The zero-order chi connectivity index (χ0) is 15.6. The molecule has 21 heavy (non-hydrogen) atoms. The van der Waals surface area contributed by atoms with E-state index in [4.69, 9.17) is 0 Å². The fraction of sp³-hybridized carbons (Fsp3) is 0.533. The molecular weight excluding hydrogens is 281 g/mol. The zero-order valence-electron chi connectivity index (χ0n) is 12.1. The molecule has 0 spiro atoms. The molecule has 0 saturated carbocycles. The van der Waals surface area contributed by atoms with Gasteiger partial charge in [0, 0.05) is 19.0 Å². The number of carbonyl (C=O) groups is 1. The summed E-state index contributed by atoms with van der Waals surface area (Å²) >= 11 is 0. The number of nitrogens with zero attached hydrogens (tertiary/aromatic N) is 1. The second kappa shape index (κ2) is 5.95. The first-order valence-corrected chi connectivity index (χ1v) is 7.06. The van der Waals surface area contributed by atoms with Crippen LogP contribution in [0.3, 0.4) is 0 Å². The first kappa shape index (κ1) is 15.7. The van der Waals surface area contributed by atoms with Gasteiger partial charge in [-0.25, -0.2) is 0 Å². The van der Waals surface area contributed by atoms with Gasteiger partial charge < -0.3 is 10.2 Å². The van der Waals surface area contributed by atoms with Crippen LogP contribution in [-0.2, 0) is 11.0 Å². The molecule has 1 amide bonds. The van der Waals surface area contributed by atoms with Gasteiger partial charge in [0.15, 0.2) is 0 Å². The normalized spacial score (nSPS) is 15.6. The number of amides is 1. The molecule has 0 atom stereocenters. The van der Waals surface area contributed by atoms with Crippen LogP contribution in [0, 0.1) is 5.92 Å². The lowest BCUT2D eigenvalue weighted by Crippen LogP contribution is -2.23. The van der Waals surface area contributed by atoms with E-state index >= 15 is 0 Å². The van der Waals surface area contributed by atoms with Crippen molar-refractivity contribution < 1.29 is 18.0 Å². The third-order valence-electron chi connectivity index (χ3n) is 3.55. The van der Waals surface area contributed by atoms with Gasteiger partial charge in [-0.3, -0.25) is 4.79 Å². The molecule has 1 aliphatic rings. The summed E-state index contributed by atoms with van der Waals surface area (Å²) in [6.07, 6.45) is -2.39. The lowest BCUT2D eigenvalue weighted by atomic mass is 10.1. The maximum Gasteiger partial charge on any atom is 0.416 e. The van der Waals surface area contributed by atoms with Crippen molar-refractivity contribution in [2.45, 2.75) is 32.9 Å². The van der Waals surface area contributed by atoms with Crippen LogP contribution >= 0.6 is 0 Å². The summed E-state index contributed by atoms with van der Waals surface area (Å²) in [6.45, 7) is 5.02. The highest BCUT2D eigenvalue weighted by molar-refractivity contribution is 5.95. The first-order chi connectivity index (χ1) is 9.79. The van der Waals surface area contributed by atoms with Crippen LogP contribution in [0.2, 0.25) is 0 Å². The Morgan fingerprint density at radius 3 is 2.38 bits per heavy atom. The maximum absolute atomic E-state index is 12.8. The van der Waals surface area contributed by atoms with E-state index in [9.17, 15) is 18.0 Å². The largest absolute Gasteiger partial charge is 0.416 e. The lowest BCUT2D eigenvalue weighted by Gasteiger charge is -2.23. The number of alkyl halides is 3. The standard InChI is InChI=1S/C15H19F3N2O/c1-10(2)14(21)19-12-9-11(15(16,17)18)5-6-13(12)20-7-3-4-8-20/h5-6,9-10H,3-4,7-8H2,1-2H3,(H,19,21). The van der Waals surface area contributed by atoms with Crippen LogP contribution < -0.4 is 10.2 Å². The minimum atomic E-state index is -4.42. The van der Waals surface area contributed by atoms with Gasteiger partial charge in [0.2, 0.25) is 5.91 Å². The number of anilines is 2. The average molecular weight is 300 g/mol. The molecule has 1 aromatic rings. The second-order valence-electron chi connectivity index (χ2n) is 5.57. The summed E-state index contributed by atoms with van der Waals surface area (Å²) in [5.74, 6) is -0.569. The zero-order valence-corrected chi connectivity index (χ0v) is 12.1. The summed E-state index contributed by atoms with van der Waals surface area (Å²) in [7, 11) is 0. The van der Waals surface area contributed by atoms with Gasteiger partial charge >= 0.3 is 6.18 Å². The van der Waals surface area contributed by atoms with E-state index in [2.05, 4.69) is 5.32 Å². The molecular formula is C15H19F3N2O. The number of rotatable bonds is 3. The SMILES string of the molecule is CC(C)C(=O)Nc1cc(C(F)(F)F)ccc1N1CCCC1. The molecule has 1 heterocycles. The Kier molecular flexibility index (Phi) is 4.44. The highest BCUT2D eigenvalue weighted by Gasteiger charge is 2.32. The number of nitrogens with one attached hydrogen (secondary N) is 1. The molecule has 0 unspecified atom stereocenters. The second-order valence-corrected chi connectivity index (χ2v) is 5.57. The molecule has 0 radical (unpaired) electrons. The number of benzene rings is 1. The summed E-state index contributed by atoms with van der Waals surface area (Å²) in [5.41, 5.74) is 0.157. The van der Waals surface area contributed by atoms with Crippen molar-refractivity contribution >= 4 is 17.3 Å². The van der Waals surface area contributed by atoms with E-state index in [1.54, 1.807) is 13.8 Å². The van der Waals surface area contributed by atoms with Gasteiger partial charge in [-0.15, -0.1) is 0 Å². The van der Waals surface area contributed by atoms with Gasteiger partial charge in [-0.05, 0) is 31.0 Å². The molecule has 6 heteroatoms. The van der Waals surface area contributed by atoms with Crippen molar-refractivity contribution in [3.05, 3.63) is 23.8 Å². The Hall–Kier alpha value is -1.72. The summed E-state index contributed by atoms with van der Waals surface area (Å²) in [5, 5.41) is 2.62. The quantitative estimate of drug-likeness (QED) is 0.918. The summed E-state index contributed by atoms with van der Waals surface area (Å²) in [4.78, 5) is 13.8. The Bertz CT molecular complexity index is 520. The molecule has 0 aromatic heterocycles. The molecule has 2 rings (SSSR count). The van der Waals surface area contributed by atoms with Gasteiger partial charge in [0.05, 0.1) is 16.9 Å². The van der Waals surface area contributed by atoms with Crippen molar-refractivity contribution in [3.8, 4) is 0 Å². The Morgan fingerprint density at radius 2 is 1.86 bits per heavy atom. The van der Waals surface area contributed by atoms with E-state index in [-0.39, 0.29) is 17.5 Å². The average Bonchev–Trinajstić information content (AvgIpc) is 2.91. The minimum Gasteiger partial charge on any atom is -0.370 e. The van der Waals surface area contributed by atoms with E-state index in [0.717, 1.165) is 38.1 Å². The third kappa shape index (κ3) is 3.68. The van der Waals surface area contributed by atoms with Crippen LogP contribution in [0.4, 0.5) is 24.5 Å². The Balaban J connectivity index is 2.37. The van der Waals surface area contributed by atoms with Crippen molar-refractivity contribution in [1.29, 1.82) is 0 Å². The number of halogens is 3. The molecule has 1 aliphatic heterocycles. The van der Waals surface area contributed by atoms with E-state index < -0.39 is 11.7 Å². The predicted octanol–water partition coefficient (Wildman–Crippen LogP) is 3.90. The molecule has 1 fully saturated rings. The van der Waals surface area contributed by atoms with Crippen molar-refractivity contribution in [3.63, 3.8) is 0 Å². The van der Waals surface area contributed by atoms with Gasteiger partial charge in [-0.1, -0.05) is 13.8 Å². The fourth-order valence-electron chi connectivity index (χ4n) is 2.32. The van der Waals surface area contributed by atoms with Crippen molar-refractivity contribution in [2.75, 3.05) is 23.3 Å². The summed E-state index contributed by atoms with van der Waals surface area (Å²) in [6, 6.07) is 3.54. The molecule has 1 aromatic carbocycles. The van der Waals surface area contributed by atoms with Crippen LogP contribution in [0.5, 0.6) is 0 Å². The molecule has 1 N–H and O–H groups in total.